The summed E-state index contributed by atoms with van der Waals surface area (Å²) in [6.07, 6.45) is 4.78. The zero-order valence-corrected chi connectivity index (χ0v) is 18.5. The highest BCUT2D eigenvalue weighted by Gasteiger charge is 2.36. The van der Waals surface area contributed by atoms with E-state index in [1.165, 1.54) is 18.2 Å². The number of alkyl halides is 3. The summed E-state index contributed by atoms with van der Waals surface area (Å²) in [5, 5.41) is 12.3. The van der Waals surface area contributed by atoms with E-state index in [1.54, 1.807) is 6.07 Å². The quantitative estimate of drug-likeness (QED) is 0.222. The van der Waals surface area contributed by atoms with Gasteiger partial charge in [0, 0.05) is 24.2 Å². The molecular formula is C26H29F4NO2. The second-order valence-corrected chi connectivity index (χ2v) is 8.40. The fourth-order valence-corrected chi connectivity index (χ4v) is 4.22. The summed E-state index contributed by atoms with van der Waals surface area (Å²) in [5.74, 6) is -0.812. The van der Waals surface area contributed by atoms with E-state index in [2.05, 4.69) is 18.5 Å². The molecule has 3 rings (SSSR count). The van der Waals surface area contributed by atoms with Gasteiger partial charge in [-0.05, 0) is 54.5 Å². The molecule has 2 aliphatic rings. The van der Waals surface area contributed by atoms with Crippen LogP contribution in [0.2, 0.25) is 0 Å². The number of nitrogens with one attached hydrogen (secondary N) is 1. The Morgan fingerprint density at radius 2 is 1.97 bits per heavy atom. The fraction of sp³-hybridized carbons (Fsp3) is 0.385. The van der Waals surface area contributed by atoms with E-state index >= 15 is 0 Å². The molecule has 178 valence electrons. The van der Waals surface area contributed by atoms with E-state index in [9.17, 15) is 22.7 Å². The average Bonchev–Trinajstić information content (AvgIpc) is 3.44. The number of rotatable bonds is 9. The Hall–Kier alpha value is -2.96. The lowest BCUT2D eigenvalue weighted by Gasteiger charge is -2.19. The normalized spacial score (nSPS) is 18.7. The van der Waals surface area contributed by atoms with Crippen molar-refractivity contribution in [2.75, 3.05) is 0 Å². The van der Waals surface area contributed by atoms with Crippen molar-refractivity contribution in [3.05, 3.63) is 95.0 Å². The molecule has 0 atom stereocenters. The summed E-state index contributed by atoms with van der Waals surface area (Å²) in [4.78, 5) is 0. The molecule has 0 bridgehead atoms. The maximum Gasteiger partial charge on any atom is 0.416 e. The lowest BCUT2D eigenvalue weighted by molar-refractivity contribution is -0.138. The molecule has 2 N–H and O–H groups in total. The van der Waals surface area contributed by atoms with Crippen LogP contribution in [0.3, 0.4) is 0 Å². The van der Waals surface area contributed by atoms with E-state index in [4.69, 9.17) is 4.74 Å². The average molecular weight is 464 g/mol. The third-order valence-electron chi connectivity index (χ3n) is 5.91. The molecule has 1 aliphatic carbocycles. The van der Waals surface area contributed by atoms with Gasteiger partial charge in [-0.15, -0.1) is 0 Å². The van der Waals surface area contributed by atoms with E-state index in [-0.39, 0.29) is 24.0 Å². The minimum atomic E-state index is -4.46. The van der Waals surface area contributed by atoms with Crippen molar-refractivity contribution >= 4 is 0 Å². The summed E-state index contributed by atoms with van der Waals surface area (Å²) < 4.78 is 61.2. The van der Waals surface area contributed by atoms with Crippen molar-refractivity contribution in [2.45, 2.75) is 63.6 Å². The van der Waals surface area contributed by atoms with Gasteiger partial charge in [-0.25, -0.2) is 4.39 Å². The topological polar surface area (TPSA) is 41.5 Å². The van der Waals surface area contributed by atoms with Gasteiger partial charge in [-0.2, -0.15) is 13.2 Å². The number of halogens is 4. The molecule has 1 aromatic rings. The van der Waals surface area contributed by atoms with Crippen LogP contribution in [0.15, 0.2) is 78.3 Å². The SMILES string of the molecule is C=C/C(OCc1ccc(C2CCCC2)c(C(F)(F)F)c1)=C(F)\C=C1/CC=C(CCC(=C)O)N1. The number of hydrogen-bond acceptors (Lipinski definition) is 3. The van der Waals surface area contributed by atoms with Crippen molar-refractivity contribution in [3.8, 4) is 0 Å². The molecule has 7 heteroatoms. The van der Waals surface area contributed by atoms with Crippen LogP contribution >= 0.6 is 0 Å². The van der Waals surface area contributed by atoms with Crippen LogP contribution in [0.25, 0.3) is 0 Å². The monoisotopic (exact) mass is 463 g/mol. The molecule has 1 fully saturated rings. The van der Waals surface area contributed by atoms with Gasteiger partial charge >= 0.3 is 6.18 Å². The highest BCUT2D eigenvalue weighted by Crippen LogP contribution is 2.42. The van der Waals surface area contributed by atoms with Crippen LogP contribution < -0.4 is 5.32 Å². The lowest BCUT2D eigenvalue weighted by atomic mass is 9.91. The van der Waals surface area contributed by atoms with Crippen LogP contribution in [0.5, 0.6) is 0 Å². The molecule has 0 spiro atoms. The Balaban J connectivity index is 1.69. The first-order valence-electron chi connectivity index (χ1n) is 11.1. The minimum Gasteiger partial charge on any atom is -0.513 e. The fourth-order valence-electron chi connectivity index (χ4n) is 4.22. The third-order valence-corrected chi connectivity index (χ3v) is 5.91. The molecule has 3 nitrogen and oxygen atoms in total. The van der Waals surface area contributed by atoms with Gasteiger partial charge in [0.2, 0.25) is 0 Å². The molecule has 33 heavy (non-hydrogen) atoms. The predicted molar refractivity (Wildman–Crippen MR) is 121 cm³/mol. The summed E-state index contributed by atoms with van der Waals surface area (Å²) in [7, 11) is 0. The smallest absolute Gasteiger partial charge is 0.416 e. The van der Waals surface area contributed by atoms with E-state index in [1.807, 2.05) is 6.08 Å². The van der Waals surface area contributed by atoms with Crippen LogP contribution in [0.4, 0.5) is 17.6 Å². The number of benzene rings is 1. The molecule has 0 unspecified atom stereocenters. The van der Waals surface area contributed by atoms with Crippen molar-refractivity contribution in [1.82, 2.24) is 5.32 Å². The van der Waals surface area contributed by atoms with Gasteiger partial charge < -0.3 is 15.2 Å². The second-order valence-electron chi connectivity index (χ2n) is 8.40. The number of allylic oxidation sites excluding steroid dienone is 6. The first-order chi connectivity index (χ1) is 15.7. The molecule has 0 radical (unpaired) electrons. The minimum absolute atomic E-state index is 0.0721. The third kappa shape index (κ3) is 6.76. The zero-order chi connectivity index (χ0) is 24.0. The molecule has 1 aliphatic heterocycles. The van der Waals surface area contributed by atoms with Gasteiger partial charge in [0.25, 0.3) is 0 Å². The Kier molecular flexibility index (Phi) is 8.06. The summed E-state index contributed by atoms with van der Waals surface area (Å²) in [6, 6.07) is 4.25. The molecule has 1 saturated carbocycles. The van der Waals surface area contributed by atoms with Gasteiger partial charge in [0.05, 0.1) is 11.3 Å². The number of aliphatic hydroxyl groups excluding tert-OH is 1. The number of aliphatic hydroxyl groups is 1. The van der Waals surface area contributed by atoms with Crippen molar-refractivity contribution in [1.29, 1.82) is 0 Å². The summed E-state index contributed by atoms with van der Waals surface area (Å²) in [6.45, 7) is 6.78. The lowest BCUT2D eigenvalue weighted by Crippen LogP contribution is -2.12. The summed E-state index contributed by atoms with van der Waals surface area (Å²) in [5.41, 5.74) is 1.47. The predicted octanol–water partition coefficient (Wildman–Crippen LogP) is 7.86. The van der Waals surface area contributed by atoms with Crippen molar-refractivity contribution in [3.63, 3.8) is 0 Å². The van der Waals surface area contributed by atoms with Crippen LogP contribution in [0.1, 0.15) is 67.6 Å². The number of hydrogen-bond donors (Lipinski definition) is 2. The van der Waals surface area contributed by atoms with E-state index in [0.29, 0.717) is 36.1 Å². The number of ether oxygens (including phenoxy) is 1. The zero-order valence-electron chi connectivity index (χ0n) is 18.5. The Morgan fingerprint density at radius 1 is 1.24 bits per heavy atom. The first kappa shape index (κ1) is 24.7. The Labute approximate surface area is 191 Å². The Morgan fingerprint density at radius 3 is 2.61 bits per heavy atom. The molecular weight excluding hydrogens is 434 g/mol. The van der Waals surface area contributed by atoms with Gasteiger partial charge in [-0.3, -0.25) is 0 Å². The van der Waals surface area contributed by atoms with E-state index in [0.717, 1.165) is 37.4 Å². The highest BCUT2D eigenvalue weighted by atomic mass is 19.4. The molecule has 0 aromatic heterocycles. The van der Waals surface area contributed by atoms with Crippen LogP contribution in [0, 0.1) is 0 Å². The maximum atomic E-state index is 14.7. The van der Waals surface area contributed by atoms with Crippen LogP contribution in [-0.4, -0.2) is 5.11 Å². The molecule has 0 saturated heterocycles. The first-order valence-corrected chi connectivity index (χ1v) is 11.1. The van der Waals surface area contributed by atoms with Crippen molar-refractivity contribution in [2.24, 2.45) is 0 Å². The second kappa shape index (κ2) is 10.8. The molecule has 1 aromatic carbocycles. The largest absolute Gasteiger partial charge is 0.513 e. The highest BCUT2D eigenvalue weighted by molar-refractivity contribution is 5.37. The Bertz CT molecular complexity index is 982. The summed E-state index contributed by atoms with van der Waals surface area (Å²) >= 11 is 0. The van der Waals surface area contributed by atoms with Gasteiger partial charge in [0.1, 0.15) is 6.61 Å². The van der Waals surface area contributed by atoms with Gasteiger partial charge in [-0.1, -0.05) is 44.2 Å². The standard InChI is InChI=1S/C26H29F4NO2/c1-3-25(24(27)15-21-12-11-20(31-21)10-8-17(2)32)33-16-18-9-13-22(19-6-4-5-7-19)23(14-18)26(28,29)30/h3,9,11,13-15,19,31-32H,1-2,4-8,10,12,16H2/b21-15+,25-24-. The van der Waals surface area contributed by atoms with Crippen LogP contribution in [-0.2, 0) is 17.5 Å². The van der Waals surface area contributed by atoms with E-state index < -0.39 is 17.6 Å². The van der Waals surface area contributed by atoms with Gasteiger partial charge in [0.15, 0.2) is 11.6 Å². The van der Waals surface area contributed by atoms with Crippen molar-refractivity contribution < 1.29 is 27.4 Å². The molecule has 1 heterocycles. The molecule has 0 amide bonds. The maximum absolute atomic E-state index is 14.7.